The molecule has 2 aliphatic heterocycles. The topological polar surface area (TPSA) is 74.2 Å². The van der Waals surface area contributed by atoms with Gasteiger partial charge in [0.25, 0.3) is 0 Å². The normalized spacial score (nSPS) is 22.1. The van der Waals surface area contributed by atoms with E-state index in [9.17, 15) is 9.59 Å². The highest BCUT2D eigenvalue weighted by Gasteiger charge is 2.33. The molecule has 2 saturated heterocycles. The van der Waals surface area contributed by atoms with Crippen LogP contribution in [0, 0.1) is 5.92 Å². The Labute approximate surface area is 150 Å². The van der Waals surface area contributed by atoms with Gasteiger partial charge < -0.3 is 19.9 Å². The summed E-state index contributed by atoms with van der Waals surface area (Å²) in [4.78, 5) is 32.7. The second-order valence-corrected chi connectivity index (χ2v) is 7.81. The number of likely N-dealkylation sites (tertiary alicyclic amines) is 2. The molecular weight excluding hydrogens is 320 g/mol. The molecule has 2 fully saturated rings. The standard InChI is InChI=1S/C18H32N4O3/c1-18(2,3)25-16(24)14-8-11-22(13-14)17(19-4)20-12-15(23)21-9-6-5-7-10-21/h14H,5-13H2,1-4H3,(H,19,20). The molecule has 142 valence electrons. The molecule has 0 radical (unpaired) electrons. The molecule has 2 heterocycles. The van der Waals surface area contributed by atoms with Crippen molar-refractivity contribution in [3.63, 3.8) is 0 Å². The highest BCUT2D eigenvalue weighted by atomic mass is 16.6. The number of nitrogens with one attached hydrogen (secondary N) is 1. The molecule has 7 heteroatoms. The van der Waals surface area contributed by atoms with E-state index in [2.05, 4.69) is 10.3 Å². The molecule has 2 aliphatic rings. The zero-order chi connectivity index (χ0) is 18.4. The molecule has 0 spiro atoms. The van der Waals surface area contributed by atoms with Crippen LogP contribution < -0.4 is 5.32 Å². The summed E-state index contributed by atoms with van der Waals surface area (Å²) in [6.45, 7) is 8.90. The molecule has 0 aromatic carbocycles. The highest BCUT2D eigenvalue weighted by Crippen LogP contribution is 2.20. The lowest BCUT2D eigenvalue weighted by Gasteiger charge is -2.28. The number of nitrogens with zero attached hydrogens (tertiary/aromatic N) is 3. The van der Waals surface area contributed by atoms with Gasteiger partial charge in [-0.25, -0.2) is 0 Å². The lowest BCUT2D eigenvalue weighted by atomic mass is 10.1. The minimum absolute atomic E-state index is 0.115. The first-order valence-electron chi connectivity index (χ1n) is 9.26. The Bertz CT molecular complexity index is 507. The number of carbonyl (C=O) groups excluding carboxylic acids is 2. The maximum Gasteiger partial charge on any atom is 0.311 e. The molecule has 1 amide bonds. The van der Waals surface area contributed by atoms with Crippen molar-refractivity contribution in [2.24, 2.45) is 10.9 Å². The fourth-order valence-electron chi connectivity index (χ4n) is 3.27. The van der Waals surface area contributed by atoms with Gasteiger partial charge >= 0.3 is 5.97 Å². The van der Waals surface area contributed by atoms with Crippen LogP contribution in [0.4, 0.5) is 0 Å². The molecule has 0 bridgehead atoms. The number of esters is 1. The minimum Gasteiger partial charge on any atom is -0.460 e. The first-order chi connectivity index (χ1) is 11.8. The largest absolute Gasteiger partial charge is 0.460 e. The Balaban J connectivity index is 1.81. The molecule has 0 aromatic rings. The molecule has 25 heavy (non-hydrogen) atoms. The third-order valence-electron chi connectivity index (χ3n) is 4.55. The van der Waals surface area contributed by atoms with Gasteiger partial charge in [-0.3, -0.25) is 14.6 Å². The van der Waals surface area contributed by atoms with E-state index in [-0.39, 0.29) is 24.3 Å². The average Bonchev–Trinajstić information content (AvgIpc) is 3.04. The van der Waals surface area contributed by atoms with Crippen LogP contribution in [0.1, 0.15) is 46.5 Å². The molecule has 7 nitrogen and oxygen atoms in total. The zero-order valence-electron chi connectivity index (χ0n) is 16.0. The molecule has 1 atom stereocenters. The van der Waals surface area contributed by atoms with Gasteiger partial charge in [0.15, 0.2) is 5.96 Å². The van der Waals surface area contributed by atoms with Crippen LogP contribution in [0.3, 0.4) is 0 Å². The Hall–Kier alpha value is -1.79. The van der Waals surface area contributed by atoms with E-state index in [0.29, 0.717) is 12.5 Å². The van der Waals surface area contributed by atoms with Crippen molar-refractivity contribution in [1.29, 1.82) is 0 Å². The lowest BCUT2D eigenvalue weighted by molar-refractivity contribution is -0.159. The zero-order valence-corrected chi connectivity index (χ0v) is 16.0. The van der Waals surface area contributed by atoms with Crippen LogP contribution in [0.2, 0.25) is 0 Å². The summed E-state index contributed by atoms with van der Waals surface area (Å²) < 4.78 is 5.47. The van der Waals surface area contributed by atoms with Gasteiger partial charge in [-0.1, -0.05) is 0 Å². The number of ether oxygens (including phenoxy) is 1. The van der Waals surface area contributed by atoms with Crippen LogP contribution in [0.25, 0.3) is 0 Å². The Morgan fingerprint density at radius 1 is 1.12 bits per heavy atom. The van der Waals surface area contributed by atoms with Gasteiger partial charge in [-0.05, 0) is 46.5 Å². The number of hydrogen-bond donors (Lipinski definition) is 1. The number of piperidine rings is 1. The van der Waals surface area contributed by atoms with Crippen LogP contribution >= 0.6 is 0 Å². The highest BCUT2D eigenvalue weighted by molar-refractivity contribution is 5.87. The summed E-state index contributed by atoms with van der Waals surface area (Å²) in [7, 11) is 1.70. The average molecular weight is 352 g/mol. The van der Waals surface area contributed by atoms with Gasteiger partial charge in [0, 0.05) is 33.2 Å². The number of amides is 1. The van der Waals surface area contributed by atoms with Gasteiger partial charge in [0.05, 0.1) is 12.5 Å². The van der Waals surface area contributed by atoms with Crippen molar-refractivity contribution in [3.05, 3.63) is 0 Å². The number of hydrogen-bond acceptors (Lipinski definition) is 4. The Morgan fingerprint density at radius 2 is 1.80 bits per heavy atom. The van der Waals surface area contributed by atoms with E-state index in [0.717, 1.165) is 38.9 Å². The van der Waals surface area contributed by atoms with Crippen molar-refractivity contribution in [2.45, 2.75) is 52.1 Å². The van der Waals surface area contributed by atoms with E-state index in [1.54, 1.807) is 7.05 Å². The van der Waals surface area contributed by atoms with E-state index in [1.807, 2.05) is 30.6 Å². The number of aliphatic imine (C=N–C) groups is 1. The number of rotatable bonds is 3. The molecule has 0 aliphatic carbocycles. The molecule has 2 rings (SSSR count). The van der Waals surface area contributed by atoms with Crippen LogP contribution in [-0.2, 0) is 14.3 Å². The molecule has 0 aromatic heterocycles. The monoisotopic (exact) mass is 352 g/mol. The van der Waals surface area contributed by atoms with E-state index < -0.39 is 5.60 Å². The number of guanidine groups is 1. The van der Waals surface area contributed by atoms with Crippen molar-refractivity contribution >= 4 is 17.8 Å². The summed E-state index contributed by atoms with van der Waals surface area (Å²) in [5.41, 5.74) is -0.467. The Morgan fingerprint density at radius 3 is 2.40 bits per heavy atom. The third kappa shape index (κ3) is 5.90. The van der Waals surface area contributed by atoms with Crippen molar-refractivity contribution in [2.75, 3.05) is 39.8 Å². The summed E-state index contributed by atoms with van der Waals surface area (Å²) >= 11 is 0. The van der Waals surface area contributed by atoms with E-state index in [1.165, 1.54) is 6.42 Å². The van der Waals surface area contributed by atoms with Crippen LogP contribution in [0.5, 0.6) is 0 Å². The second-order valence-electron chi connectivity index (χ2n) is 7.81. The van der Waals surface area contributed by atoms with Crippen LogP contribution in [-0.4, -0.2) is 73.0 Å². The maximum absolute atomic E-state index is 12.3. The summed E-state index contributed by atoms with van der Waals surface area (Å²) in [6.07, 6.45) is 4.13. The molecule has 1 N–H and O–H groups in total. The maximum atomic E-state index is 12.3. The van der Waals surface area contributed by atoms with Crippen molar-refractivity contribution < 1.29 is 14.3 Å². The summed E-state index contributed by atoms with van der Waals surface area (Å²) in [5.74, 6) is 0.491. The van der Waals surface area contributed by atoms with Crippen molar-refractivity contribution in [3.8, 4) is 0 Å². The Kier molecular flexibility index (Phi) is 6.67. The molecule has 0 saturated carbocycles. The number of carbonyl (C=O) groups is 2. The van der Waals surface area contributed by atoms with Gasteiger partial charge in [0.1, 0.15) is 5.60 Å². The molecule has 1 unspecified atom stereocenters. The fraction of sp³-hybridized carbons (Fsp3) is 0.833. The third-order valence-corrected chi connectivity index (χ3v) is 4.55. The second kappa shape index (κ2) is 8.54. The van der Waals surface area contributed by atoms with Gasteiger partial charge in [-0.15, -0.1) is 0 Å². The van der Waals surface area contributed by atoms with Gasteiger partial charge in [0.2, 0.25) is 5.91 Å². The summed E-state index contributed by atoms with van der Waals surface area (Å²) in [6, 6.07) is 0. The van der Waals surface area contributed by atoms with Gasteiger partial charge in [-0.2, -0.15) is 0 Å². The predicted octanol–water partition coefficient (Wildman–Crippen LogP) is 1.24. The molecular formula is C18H32N4O3. The first-order valence-corrected chi connectivity index (χ1v) is 9.26. The van der Waals surface area contributed by atoms with E-state index >= 15 is 0 Å². The quantitative estimate of drug-likeness (QED) is 0.470. The van der Waals surface area contributed by atoms with Crippen molar-refractivity contribution in [1.82, 2.24) is 15.1 Å². The lowest BCUT2D eigenvalue weighted by Crippen LogP contribution is -2.47. The predicted molar refractivity (Wildman–Crippen MR) is 97.3 cm³/mol. The SMILES string of the molecule is CN=C(NCC(=O)N1CCCCC1)N1CCC(C(=O)OC(C)(C)C)C1. The first kappa shape index (κ1) is 19.5. The summed E-state index contributed by atoms with van der Waals surface area (Å²) in [5, 5.41) is 3.15. The minimum atomic E-state index is -0.467. The van der Waals surface area contributed by atoms with Crippen LogP contribution in [0.15, 0.2) is 4.99 Å². The fourth-order valence-corrected chi connectivity index (χ4v) is 3.27. The van der Waals surface area contributed by atoms with E-state index in [4.69, 9.17) is 4.74 Å². The smallest absolute Gasteiger partial charge is 0.311 e.